The van der Waals surface area contributed by atoms with Crippen LogP contribution in [0.5, 0.6) is 0 Å². The number of piperidine rings is 1. The predicted molar refractivity (Wildman–Crippen MR) is 87.7 cm³/mol. The predicted octanol–water partition coefficient (Wildman–Crippen LogP) is 2.12. The summed E-state index contributed by atoms with van der Waals surface area (Å²) in [5, 5.41) is 3.68. The van der Waals surface area contributed by atoms with Gasteiger partial charge in [-0.05, 0) is 44.9 Å². The largest absolute Gasteiger partial charge is 0.354 e. The van der Waals surface area contributed by atoms with Gasteiger partial charge in [0.05, 0.1) is 0 Å². The maximum absolute atomic E-state index is 4.46. The highest BCUT2D eigenvalue weighted by Crippen LogP contribution is 2.18. The molecular formula is C17H28N4. The monoisotopic (exact) mass is 288 g/mol. The molecule has 0 spiro atoms. The van der Waals surface area contributed by atoms with E-state index in [1.54, 1.807) is 0 Å². The van der Waals surface area contributed by atoms with Crippen molar-refractivity contribution in [2.45, 2.75) is 44.7 Å². The van der Waals surface area contributed by atoms with E-state index in [0.29, 0.717) is 6.04 Å². The summed E-state index contributed by atoms with van der Waals surface area (Å²) in [7, 11) is 0. The van der Waals surface area contributed by atoms with Crippen LogP contribution in [0.15, 0.2) is 24.4 Å². The molecule has 1 aromatic heterocycles. The van der Waals surface area contributed by atoms with Crippen LogP contribution < -0.4 is 10.2 Å². The van der Waals surface area contributed by atoms with Crippen LogP contribution in [-0.4, -0.2) is 54.7 Å². The summed E-state index contributed by atoms with van der Waals surface area (Å²) in [5.41, 5.74) is 0. The quantitative estimate of drug-likeness (QED) is 0.919. The lowest BCUT2D eigenvalue weighted by molar-refractivity contribution is 0.170. The lowest BCUT2D eigenvalue weighted by Gasteiger charge is -2.40. The first-order valence-corrected chi connectivity index (χ1v) is 8.46. The van der Waals surface area contributed by atoms with Crippen LogP contribution in [0.25, 0.3) is 0 Å². The first kappa shape index (κ1) is 14.8. The number of piperazine rings is 1. The van der Waals surface area contributed by atoms with Crippen molar-refractivity contribution in [3.8, 4) is 0 Å². The smallest absolute Gasteiger partial charge is 0.128 e. The number of anilines is 1. The minimum absolute atomic E-state index is 0.687. The Bertz CT molecular complexity index is 408. The van der Waals surface area contributed by atoms with Crippen LogP contribution in [0.3, 0.4) is 0 Å². The van der Waals surface area contributed by atoms with Gasteiger partial charge in [0.2, 0.25) is 0 Å². The number of hydrogen-bond acceptors (Lipinski definition) is 4. The molecule has 2 aliphatic rings. The minimum atomic E-state index is 0.687. The molecule has 2 saturated heterocycles. The number of nitrogens with zero attached hydrogens (tertiary/aromatic N) is 3. The molecule has 4 nitrogen and oxygen atoms in total. The standard InChI is InChI=1S/C17H28N4/c1-15(14-16-6-2-4-8-18-16)20-10-12-21(13-11-20)17-7-3-5-9-19-17/h3,5,7,9,15-16,18H,2,4,6,8,10-14H2,1H3. The molecule has 2 aliphatic heterocycles. The Morgan fingerprint density at radius 3 is 2.76 bits per heavy atom. The molecule has 2 fully saturated rings. The lowest BCUT2D eigenvalue weighted by Crippen LogP contribution is -2.51. The van der Waals surface area contributed by atoms with Crippen molar-refractivity contribution in [3.05, 3.63) is 24.4 Å². The van der Waals surface area contributed by atoms with Crippen molar-refractivity contribution >= 4 is 5.82 Å². The molecule has 3 rings (SSSR count). The summed E-state index contributed by atoms with van der Waals surface area (Å²) in [4.78, 5) is 9.52. The van der Waals surface area contributed by atoms with Crippen molar-refractivity contribution in [2.24, 2.45) is 0 Å². The van der Waals surface area contributed by atoms with Crippen LogP contribution in [-0.2, 0) is 0 Å². The Hall–Kier alpha value is -1.13. The highest BCUT2D eigenvalue weighted by Gasteiger charge is 2.24. The molecule has 1 N–H and O–H groups in total. The highest BCUT2D eigenvalue weighted by molar-refractivity contribution is 5.38. The van der Waals surface area contributed by atoms with E-state index in [0.717, 1.165) is 38.0 Å². The minimum Gasteiger partial charge on any atom is -0.354 e. The summed E-state index contributed by atoms with van der Waals surface area (Å²) in [6.07, 6.45) is 7.30. The van der Waals surface area contributed by atoms with Crippen LogP contribution >= 0.6 is 0 Å². The molecule has 2 atom stereocenters. The Labute approximate surface area is 128 Å². The molecule has 0 aliphatic carbocycles. The van der Waals surface area contributed by atoms with E-state index in [1.807, 2.05) is 12.3 Å². The molecule has 0 radical (unpaired) electrons. The summed E-state index contributed by atoms with van der Waals surface area (Å²) in [6.45, 7) is 8.12. The Kier molecular flexibility index (Phi) is 5.09. The lowest BCUT2D eigenvalue weighted by atomic mass is 9.98. The van der Waals surface area contributed by atoms with Gasteiger partial charge in [0.1, 0.15) is 5.82 Å². The average molecular weight is 288 g/mol. The van der Waals surface area contributed by atoms with E-state index in [4.69, 9.17) is 0 Å². The van der Waals surface area contributed by atoms with Gasteiger partial charge in [-0.25, -0.2) is 4.98 Å². The van der Waals surface area contributed by atoms with Gasteiger partial charge in [-0.15, -0.1) is 0 Å². The normalized spacial score (nSPS) is 25.8. The molecule has 21 heavy (non-hydrogen) atoms. The van der Waals surface area contributed by atoms with Gasteiger partial charge in [0.25, 0.3) is 0 Å². The second kappa shape index (κ2) is 7.23. The van der Waals surface area contributed by atoms with Gasteiger partial charge in [-0.1, -0.05) is 12.5 Å². The zero-order valence-corrected chi connectivity index (χ0v) is 13.2. The third-order valence-corrected chi connectivity index (χ3v) is 4.95. The van der Waals surface area contributed by atoms with Crippen LogP contribution in [0.1, 0.15) is 32.6 Å². The Balaban J connectivity index is 1.46. The number of rotatable bonds is 4. The summed E-state index contributed by atoms with van der Waals surface area (Å²) >= 11 is 0. The molecule has 3 heterocycles. The molecule has 0 aromatic carbocycles. The van der Waals surface area contributed by atoms with E-state index in [-0.39, 0.29) is 0 Å². The molecular weight excluding hydrogens is 260 g/mol. The van der Waals surface area contributed by atoms with Gasteiger partial charge >= 0.3 is 0 Å². The van der Waals surface area contributed by atoms with E-state index in [1.165, 1.54) is 32.2 Å². The zero-order valence-electron chi connectivity index (χ0n) is 13.2. The summed E-state index contributed by atoms with van der Waals surface area (Å²) in [5.74, 6) is 1.12. The molecule has 2 unspecified atom stereocenters. The van der Waals surface area contributed by atoms with Crippen molar-refractivity contribution in [1.29, 1.82) is 0 Å². The molecule has 0 bridgehead atoms. The van der Waals surface area contributed by atoms with Gasteiger partial charge in [-0.2, -0.15) is 0 Å². The maximum Gasteiger partial charge on any atom is 0.128 e. The molecule has 0 amide bonds. The average Bonchev–Trinajstić information content (AvgIpc) is 2.57. The van der Waals surface area contributed by atoms with Crippen LogP contribution in [0.2, 0.25) is 0 Å². The molecule has 1 aromatic rings. The highest BCUT2D eigenvalue weighted by atomic mass is 15.3. The van der Waals surface area contributed by atoms with Crippen LogP contribution in [0.4, 0.5) is 5.82 Å². The summed E-state index contributed by atoms with van der Waals surface area (Å²) < 4.78 is 0. The van der Waals surface area contributed by atoms with Crippen molar-refractivity contribution < 1.29 is 0 Å². The first-order chi connectivity index (χ1) is 10.3. The van der Waals surface area contributed by atoms with E-state index >= 15 is 0 Å². The second-order valence-corrected chi connectivity index (χ2v) is 6.44. The fraction of sp³-hybridized carbons (Fsp3) is 0.706. The third-order valence-electron chi connectivity index (χ3n) is 4.95. The van der Waals surface area contributed by atoms with Gasteiger partial charge in [-0.3, -0.25) is 4.90 Å². The molecule has 0 saturated carbocycles. The number of nitrogens with one attached hydrogen (secondary N) is 1. The fourth-order valence-electron chi connectivity index (χ4n) is 3.62. The van der Waals surface area contributed by atoms with Crippen molar-refractivity contribution in [1.82, 2.24) is 15.2 Å². The van der Waals surface area contributed by atoms with Crippen molar-refractivity contribution in [2.75, 3.05) is 37.6 Å². The van der Waals surface area contributed by atoms with E-state index in [9.17, 15) is 0 Å². The molecule has 4 heteroatoms. The number of aromatic nitrogens is 1. The van der Waals surface area contributed by atoms with Gasteiger partial charge in [0.15, 0.2) is 0 Å². The maximum atomic E-state index is 4.46. The fourth-order valence-corrected chi connectivity index (χ4v) is 3.62. The van der Waals surface area contributed by atoms with E-state index in [2.05, 4.69) is 39.2 Å². The van der Waals surface area contributed by atoms with Crippen LogP contribution in [0, 0.1) is 0 Å². The third kappa shape index (κ3) is 3.95. The molecule has 116 valence electrons. The van der Waals surface area contributed by atoms with Gasteiger partial charge < -0.3 is 10.2 Å². The Morgan fingerprint density at radius 1 is 1.24 bits per heavy atom. The number of pyridine rings is 1. The number of hydrogen-bond donors (Lipinski definition) is 1. The van der Waals surface area contributed by atoms with Crippen molar-refractivity contribution in [3.63, 3.8) is 0 Å². The topological polar surface area (TPSA) is 31.4 Å². The van der Waals surface area contributed by atoms with E-state index < -0.39 is 0 Å². The SMILES string of the molecule is CC(CC1CCCCN1)N1CCN(c2ccccn2)CC1. The Morgan fingerprint density at radius 2 is 2.10 bits per heavy atom. The zero-order chi connectivity index (χ0) is 14.5. The summed E-state index contributed by atoms with van der Waals surface area (Å²) in [6, 6.07) is 7.60. The van der Waals surface area contributed by atoms with Gasteiger partial charge in [0, 0.05) is 44.5 Å². The first-order valence-electron chi connectivity index (χ1n) is 8.46. The second-order valence-electron chi connectivity index (χ2n) is 6.44.